The first-order valence-corrected chi connectivity index (χ1v) is 10.6. The normalized spacial score (nSPS) is 16.6. The molecule has 0 atom stereocenters. The minimum atomic E-state index is -0.175. The van der Waals surface area contributed by atoms with Crippen molar-refractivity contribution in [3.63, 3.8) is 0 Å². The fourth-order valence-electron chi connectivity index (χ4n) is 4.03. The number of hydrogen-bond acceptors (Lipinski definition) is 4. The number of nitrogens with one attached hydrogen (secondary N) is 1. The highest BCUT2D eigenvalue weighted by Gasteiger charge is 2.15. The van der Waals surface area contributed by atoms with E-state index >= 15 is 0 Å². The van der Waals surface area contributed by atoms with Gasteiger partial charge in [-0.05, 0) is 75.3 Å². The van der Waals surface area contributed by atoms with Gasteiger partial charge in [0.05, 0.1) is 5.69 Å². The van der Waals surface area contributed by atoms with Crippen molar-refractivity contribution in [2.45, 2.75) is 44.9 Å². The third-order valence-electron chi connectivity index (χ3n) is 5.71. The molecule has 152 valence electrons. The van der Waals surface area contributed by atoms with Crippen LogP contribution in [-0.2, 0) is 0 Å². The standard InChI is InChI=1S/C23H28N4O2/c28-22-13-12-21(26-16-4-5-17-26)25-27(22)20-10-8-19(9-11-20)23(29)24-15-14-18-6-2-1-3-7-18/h6,8-13H,1-5,7,14-17H2,(H,24,29). The van der Waals surface area contributed by atoms with Crippen LogP contribution in [-0.4, -0.2) is 35.3 Å². The van der Waals surface area contributed by atoms with Gasteiger partial charge in [-0.2, -0.15) is 4.68 Å². The molecule has 0 unspecified atom stereocenters. The Morgan fingerprint density at radius 3 is 2.52 bits per heavy atom. The highest BCUT2D eigenvalue weighted by atomic mass is 16.1. The largest absolute Gasteiger partial charge is 0.355 e. The van der Waals surface area contributed by atoms with Crippen LogP contribution in [0.1, 0.15) is 55.3 Å². The van der Waals surface area contributed by atoms with E-state index in [9.17, 15) is 9.59 Å². The molecular weight excluding hydrogens is 364 g/mol. The van der Waals surface area contributed by atoms with E-state index in [0.29, 0.717) is 17.8 Å². The maximum atomic E-state index is 12.4. The molecule has 1 aliphatic carbocycles. The van der Waals surface area contributed by atoms with Gasteiger partial charge >= 0.3 is 0 Å². The topological polar surface area (TPSA) is 67.2 Å². The quantitative estimate of drug-likeness (QED) is 0.765. The van der Waals surface area contributed by atoms with E-state index in [1.165, 1.54) is 23.1 Å². The van der Waals surface area contributed by atoms with Crippen molar-refractivity contribution in [3.05, 3.63) is 64.0 Å². The molecule has 4 rings (SSSR count). The van der Waals surface area contributed by atoms with Crippen molar-refractivity contribution in [1.29, 1.82) is 0 Å². The Kier molecular flexibility index (Phi) is 6.08. The highest BCUT2D eigenvalue weighted by Crippen LogP contribution is 2.19. The minimum Gasteiger partial charge on any atom is -0.355 e. The van der Waals surface area contributed by atoms with Gasteiger partial charge in [0.15, 0.2) is 0 Å². The van der Waals surface area contributed by atoms with Crippen LogP contribution in [0.4, 0.5) is 5.82 Å². The van der Waals surface area contributed by atoms with Gasteiger partial charge < -0.3 is 10.2 Å². The van der Waals surface area contributed by atoms with Crippen molar-refractivity contribution in [2.24, 2.45) is 0 Å². The van der Waals surface area contributed by atoms with E-state index in [1.807, 2.05) is 0 Å². The second kappa shape index (κ2) is 9.07. The number of allylic oxidation sites excluding steroid dienone is 1. The Bertz CT molecular complexity index is 940. The number of aromatic nitrogens is 2. The fourth-order valence-corrected chi connectivity index (χ4v) is 4.03. The molecule has 2 aromatic rings. The van der Waals surface area contributed by atoms with E-state index in [1.54, 1.807) is 36.4 Å². The summed E-state index contributed by atoms with van der Waals surface area (Å²) in [5.74, 6) is 0.736. The first kappa shape index (κ1) is 19.4. The van der Waals surface area contributed by atoms with Gasteiger partial charge in [0.2, 0.25) is 0 Å². The predicted molar refractivity (Wildman–Crippen MR) is 115 cm³/mol. The second-order valence-electron chi connectivity index (χ2n) is 7.80. The van der Waals surface area contributed by atoms with Crippen molar-refractivity contribution >= 4 is 11.7 Å². The van der Waals surface area contributed by atoms with E-state index in [4.69, 9.17) is 0 Å². The van der Waals surface area contributed by atoms with Gasteiger partial charge in [-0.25, -0.2) is 0 Å². The van der Waals surface area contributed by atoms with Crippen LogP contribution in [0.2, 0.25) is 0 Å². The average molecular weight is 393 g/mol. The number of carbonyl (C=O) groups excluding carboxylic acids is 1. The van der Waals surface area contributed by atoms with Crippen LogP contribution in [0.3, 0.4) is 0 Å². The molecule has 29 heavy (non-hydrogen) atoms. The molecule has 0 spiro atoms. The molecule has 1 aromatic carbocycles. The van der Waals surface area contributed by atoms with Gasteiger partial charge in [-0.1, -0.05) is 11.6 Å². The molecule has 1 saturated heterocycles. The Hall–Kier alpha value is -2.89. The predicted octanol–water partition coefficient (Wildman–Crippen LogP) is 3.45. The van der Waals surface area contributed by atoms with Crippen LogP contribution in [0.25, 0.3) is 5.69 Å². The fraction of sp³-hybridized carbons (Fsp3) is 0.435. The zero-order valence-corrected chi connectivity index (χ0v) is 16.8. The van der Waals surface area contributed by atoms with Crippen LogP contribution >= 0.6 is 0 Å². The Morgan fingerprint density at radius 1 is 1.00 bits per heavy atom. The van der Waals surface area contributed by atoms with Crippen LogP contribution in [0, 0.1) is 0 Å². The number of anilines is 1. The molecule has 2 aliphatic rings. The second-order valence-corrected chi connectivity index (χ2v) is 7.80. The van der Waals surface area contributed by atoms with Crippen molar-refractivity contribution in [2.75, 3.05) is 24.5 Å². The molecule has 6 nitrogen and oxygen atoms in total. The molecule has 1 aliphatic heterocycles. The first-order valence-electron chi connectivity index (χ1n) is 10.6. The molecule has 0 bridgehead atoms. The van der Waals surface area contributed by atoms with Gasteiger partial charge in [0.25, 0.3) is 11.5 Å². The molecule has 1 aromatic heterocycles. The van der Waals surface area contributed by atoms with E-state index in [-0.39, 0.29) is 11.5 Å². The minimum absolute atomic E-state index is 0.0842. The molecule has 1 amide bonds. The zero-order chi connectivity index (χ0) is 20.1. The molecule has 6 heteroatoms. The number of carbonyl (C=O) groups is 1. The smallest absolute Gasteiger partial charge is 0.271 e. The summed E-state index contributed by atoms with van der Waals surface area (Å²) in [4.78, 5) is 26.9. The van der Waals surface area contributed by atoms with E-state index in [2.05, 4.69) is 21.4 Å². The summed E-state index contributed by atoms with van der Waals surface area (Å²) >= 11 is 0. The zero-order valence-electron chi connectivity index (χ0n) is 16.8. The lowest BCUT2D eigenvalue weighted by Crippen LogP contribution is -2.26. The van der Waals surface area contributed by atoms with Crippen LogP contribution < -0.4 is 15.8 Å². The lowest BCUT2D eigenvalue weighted by atomic mass is 9.97. The van der Waals surface area contributed by atoms with Gasteiger partial charge in [-0.3, -0.25) is 9.59 Å². The number of hydrogen-bond donors (Lipinski definition) is 1. The van der Waals surface area contributed by atoms with Gasteiger partial charge in [-0.15, -0.1) is 5.10 Å². The molecule has 0 saturated carbocycles. The summed E-state index contributed by atoms with van der Waals surface area (Å²) < 4.78 is 1.41. The van der Waals surface area contributed by atoms with Crippen molar-refractivity contribution in [1.82, 2.24) is 15.1 Å². The molecule has 0 radical (unpaired) electrons. The summed E-state index contributed by atoms with van der Waals surface area (Å²) in [6.07, 6.45) is 10.4. The van der Waals surface area contributed by atoms with Crippen LogP contribution in [0.15, 0.2) is 52.8 Å². The molecular formula is C23H28N4O2. The summed E-state index contributed by atoms with van der Waals surface area (Å²) in [6, 6.07) is 10.4. The number of benzene rings is 1. The third-order valence-corrected chi connectivity index (χ3v) is 5.71. The van der Waals surface area contributed by atoms with E-state index < -0.39 is 0 Å². The number of nitrogens with zero attached hydrogens (tertiary/aromatic N) is 3. The first-order chi connectivity index (χ1) is 14.2. The van der Waals surface area contributed by atoms with Crippen molar-refractivity contribution in [3.8, 4) is 5.69 Å². The summed E-state index contributed by atoms with van der Waals surface area (Å²) in [5.41, 5.74) is 2.54. The van der Waals surface area contributed by atoms with Crippen LogP contribution in [0.5, 0.6) is 0 Å². The van der Waals surface area contributed by atoms with E-state index in [0.717, 1.165) is 51.0 Å². The monoisotopic (exact) mass is 392 g/mol. The lowest BCUT2D eigenvalue weighted by molar-refractivity contribution is 0.0954. The molecule has 1 fully saturated rings. The van der Waals surface area contributed by atoms with Gasteiger partial charge in [0.1, 0.15) is 5.82 Å². The number of rotatable bonds is 6. The highest BCUT2D eigenvalue weighted by molar-refractivity contribution is 5.94. The molecule has 1 N–H and O–H groups in total. The Labute approximate surface area is 171 Å². The lowest BCUT2D eigenvalue weighted by Gasteiger charge is -2.17. The third kappa shape index (κ3) is 4.75. The maximum Gasteiger partial charge on any atom is 0.271 e. The summed E-state index contributed by atoms with van der Waals surface area (Å²) in [7, 11) is 0. The molecule has 2 heterocycles. The Morgan fingerprint density at radius 2 is 1.79 bits per heavy atom. The van der Waals surface area contributed by atoms with Crippen molar-refractivity contribution < 1.29 is 4.79 Å². The van der Waals surface area contributed by atoms with Gasteiger partial charge in [0, 0.05) is 31.3 Å². The SMILES string of the molecule is O=C(NCCC1=CCCCC1)c1ccc(-n2nc(N3CCCC3)ccc2=O)cc1. The summed E-state index contributed by atoms with van der Waals surface area (Å²) in [6.45, 7) is 2.60. The maximum absolute atomic E-state index is 12.4. The Balaban J connectivity index is 1.41. The average Bonchev–Trinajstić information content (AvgIpc) is 3.30. The summed E-state index contributed by atoms with van der Waals surface area (Å²) in [5, 5.41) is 7.52. The number of amides is 1.